The number of nitrogens with one attached hydrogen (secondary N) is 1. The fraction of sp³-hybridized carbons (Fsp3) is 0.308. The van der Waals surface area contributed by atoms with Gasteiger partial charge in [-0.1, -0.05) is 112 Å². The van der Waals surface area contributed by atoms with Crippen LogP contribution in [0, 0.1) is 11.8 Å². The summed E-state index contributed by atoms with van der Waals surface area (Å²) >= 11 is 0. The number of para-hydroxylation sites is 1. The van der Waals surface area contributed by atoms with E-state index in [1.54, 1.807) is 9.91 Å². The molecular formula is C39H43N5O2. The van der Waals surface area contributed by atoms with Gasteiger partial charge in [-0.15, -0.1) is 0 Å². The molecule has 1 heterocycles. The minimum Gasteiger partial charge on any atom is -0.325 e. The molecule has 4 aromatic carbocycles. The smallest absolute Gasteiger partial charge is 0.325 e. The Morgan fingerprint density at radius 1 is 0.870 bits per heavy atom. The molecule has 2 atom stereocenters. The predicted molar refractivity (Wildman–Crippen MR) is 187 cm³/mol. The number of nitrogens with zero attached hydrogens (tertiary/aromatic N) is 3. The third-order valence-electron chi connectivity index (χ3n) is 9.43. The van der Waals surface area contributed by atoms with Crippen LogP contribution in [0.3, 0.4) is 0 Å². The van der Waals surface area contributed by atoms with Crippen molar-refractivity contribution in [2.75, 3.05) is 10.2 Å². The summed E-state index contributed by atoms with van der Waals surface area (Å²) in [6.45, 7) is 4.32. The first-order valence-electron chi connectivity index (χ1n) is 16.5. The van der Waals surface area contributed by atoms with E-state index in [4.69, 9.17) is 10.8 Å². The lowest BCUT2D eigenvalue weighted by Gasteiger charge is -2.27. The number of anilines is 3. The van der Waals surface area contributed by atoms with Crippen LogP contribution in [0.1, 0.15) is 63.5 Å². The lowest BCUT2D eigenvalue weighted by molar-refractivity contribution is -0.118. The third kappa shape index (κ3) is 6.60. The standard InChI is InChI=1S/C39H43N5O2/c1-3-27(2)36(40)38(45)41-31-22-24-32(25-23-31)44-35-21-13-12-20-34(35)37(29-16-8-5-9-17-29)42-43(39(44)46)26-30-18-10-11-19-33(30)28-14-6-4-7-15-28/h4,6-7,10-15,18-25,27,29,36H,3,5,8-9,16-17,26,40H2,1-2H3,(H,41,45)/t27-,36+/m1/s1. The van der Waals surface area contributed by atoms with Crippen molar-refractivity contribution in [3.8, 4) is 11.1 Å². The van der Waals surface area contributed by atoms with Gasteiger partial charge in [0, 0.05) is 17.2 Å². The van der Waals surface area contributed by atoms with Gasteiger partial charge in [0.25, 0.3) is 0 Å². The van der Waals surface area contributed by atoms with Crippen molar-refractivity contribution < 1.29 is 9.59 Å². The molecule has 2 aliphatic rings. The van der Waals surface area contributed by atoms with Gasteiger partial charge in [-0.2, -0.15) is 5.10 Å². The Labute approximate surface area is 272 Å². The predicted octanol–water partition coefficient (Wildman–Crippen LogP) is 8.72. The summed E-state index contributed by atoms with van der Waals surface area (Å²) in [7, 11) is 0. The highest BCUT2D eigenvalue weighted by Gasteiger charge is 2.34. The SMILES string of the molecule is CC[C@@H](C)[C@H](N)C(=O)Nc1ccc(N2C(=O)N(Cc3ccccc3-c3ccccc3)N=C(C3CCCCC3)c3ccccc32)cc1. The van der Waals surface area contributed by atoms with Crippen molar-refractivity contribution in [1.29, 1.82) is 0 Å². The number of amides is 3. The number of benzene rings is 4. The molecule has 0 radical (unpaired) electrons. The summed E-state index contributed by atoms with van der Waals surface area (Å²) in [6.07, 6.45) is 6.49. The average molecular weight is 614 g/mol. The van der Waals surface area contributed by atoms with Crippen molar-refractivity contribution in [2.24, 2.45) is 22.7 Å². The number of fused-ring (bicyclic) bond motifs is 1. The minimum absolute atomic E-state index is 0.0712. The molecule has 7 nitrogen and oxygen atoms in total. The summed E-state index contributed by atoms with van der Waals surface area (Å²) < 4.78 is 0. The normalized spacial score (nSPS) is 16.7. The number of hydrazone groups is 1. The van der Waals surface area contributed by atoms with Gasteiger partial charge in [-0.05, 0) is 65.8 Å². The summed E-state index contributed by atoms with van der Waals surface area (Å²) in [5, 5.41) is 9.80. The number of rotatable bonds is 9. The van der Waals surface area contributed by atoms with Crippen LogP contribution in [0.25, 0.3) is 11.1 Å². The first-order valence-corrected chi connectivity index (χ1v) is 16.5. The molecular weight excluding hydrogens is 570 g/mol. The lowest BCUT2D eigenvalue weighted by atomic mass is 9.83. The monoisotopic (exact) mass is 613 g/mol. The number of urea groups is 1. The van der Waals surface area contributed by atoms with Crippen molar-refractivity contribution in [3.63, 3.8) is 0 Å². The molecule has 6 rings (SSSR count). The van der Waals surface area contributed by atoms with Gasteiger partial charge in [0.15, 0.2) is 0 Å². The number of carbonyl (C=O) groups is 2. The maximum atomic E-state index is 14.7. The number of nitrogens with two attached hydrogens (primary N) is 1. The van der Waals surface area contributed by atoms with Gasteiger partial charge in [-0.25, -0.2) is 9.80 Å². The topological polar surface area (TPSA) is 91.0 Å². The summed E-state index contributed by atoms with van der Waals surface area (Å²) in [5.74, 6) is 0.135. The van der Waals surface area contributed by atoms with Crippen LogP contribution in [0.2, 0.25) is 0 Å². The van der Waals surface area contributed by atoms with Crippen molar-refractivity contribution in [1.82, 2.24) is 5.01 Å². The van der Waals surface area contributed by atoms with Gasteiger partial charge in [-0.3, -0.25) is 9.69 Å². The van der Waals surface area contributed by atoms with Gasteiger partial charge >= 0.3 is 6.03 Å². The van der Waals surface area contributed by atoms with E-state index in [0.29, 0.717) is 17.9 Å². The molecule has 7 heteroatoms. The molecule has 0 bridgehead atoms. The Balaban J connectivity index is 1.39. The molecule has 1 aliphatic carbocycles. The molecule has 46 heavy (non-hydrogen) atoms. The zero-order valence-electron chi connectivity index (χ0n) is 26.7. The van der Waals surface area contributed by atoms with Gasteiger partial charge < -0.3 is 11.1 Å². The zero-order valence-corrected chi connectivity index (χ0v) is 26.7. The second kappa shape index (κ2) is 14.1. The fourth-order valence-electron chi connectivity index (χ4n) is 6.51. The van der Waals surface area contributed by atoms with E-state index < -0.39 is 6.04 Å². The Kier molecular flexibility index (Phi) is 9.60. The lowest BCUT2D eigenvalue weighted by Crippen LogP contribution is -2.40. The molecule has 1 aliphatic heterocycles. The molecule has 0 saturated heterocycles. The van der Waals surface area contributed by atoms with E-state index in [2.05, 4.69) is 35.6 Å². The van der Waals surface area contributed by atoms with Crippen LogP contribution in [-0.2, 0) is 11.3 Å². The highest BCUT2D eigenvalue weighted by Crippen LogP contribution is 2.38. The molecule has 0 spiro atoms. The first-order chi connectivity index (χ1) is 22.4. The molecule has 236 valence electrons. The van der Waals surface area contributed by atoms with E-state index in [-0.39, 0.29) is 23.8 Å². The Bertz CT molecular complexity index is 1700. The summed E-state index contributed by atoms with van der Waals surface area (Å²) in [6, 6.07) is 33.2. The van der Waals surface area contributed by atoms with Gasteiger partial charge in [0.05, 0.1) is 29.7 Å². The molecule has 1 saturated carbocycles. The van der Waals surface area contributed by atoms with Crippen LogP contribution in [0.4, 0.5) is 21.9 Å². The molecule has 0 unspecified atom stereocenters. The zero-order chi connectivity index (χ0) is 32.0. The highest BCUT2D eigenvalue weighted by atomic mass is 16.2. The van der Waals surface area contributed by atoms with E-state index in [1.807, 2.05) is 86.6 Å². The Morgan fingerprint density at radius 2 is 1.52 bits per heavy atom. The van der Waals surface area contributed by atoms with E-state index in [1.165, 1.54) is 6.42 Å². The van der Waals surface area contributed by atoms with Crippen LogP contribution in [0.5, 0.6) is 0 Å². The van der Waals surface area contributed by atoms with Gasteiger partial charge in [0.2, 0.25) is 5.91 Å². The van der Waals surface area contributed by atoms with Crippen molar-refractivity contribution in [2.45, 2.75) is 65.0 Å². The van der Waals surface area contributed by atoms with Crippen molar-refractivity contribution >= 4 is 34.7 Å². The average Bonchev–Trinajstić information content (AvgIpc) is 3.23. The van der Waals surface area contributed by atoms with Crippen LogP contribution in [0.15, 0.2) is 108 Å². The fourth-order valence-corrected chi connectivity index (χ4v) is 6.51. The maximum absolute atomic E-state index is 14.7. The largest absolute Gasteiger partial charge is 0.349 e. The molecule has 4 aromatic rings. The Morgan fingerprint density at radius 3 is 2.24 bits per heavy atom. The highest BCUT2D eigenvalue weighted by molar-refractivity contribution is 6.14. The summed E-state index contributed by atoms with van der Waals surface area (Å²) in [4.78, 5) is 29.2. The third-order valence-corrected chi connectivity index (χ3v) is 9.43. The molecule has 0 aromatic heterocycles. The van der Waals surface area contributed by atoms with Gasteiger partial charge in [0.1, 0.15) is 0 Å². The van der Waals surface area contributed by atoms with Crippen LogP contribution >= 0.6 is 0 Å². The molecule has 3 N–H and O–H groups in total. The quantitative estimate of drug-likeness (QED) is 0.198. The minimum atomic E-state index is -0.591. The van der Waals surface area contributed by atoms with E-state index in [9.17, 15) is 9.59 Å². The number of hydrogen-bond donors (Lipinski definition) is 2. The summed E-state index contributed by atoms with van der Waals surface area (Å²) in [5.41, 5.74) is 13.5. The first kappa shape index (κ1) is 31.2. The van der Waals surface area contributed by atoms with E-state index in [0.717, 1.165) is 65.8 Å². The van der Waals surface area contributed by atoms with Crippen molar-refractivity contribution in [3.05, 3.63) is 114 Å². The second-order valence-corrected chi connectivity index (χ2v) is 12.5. The maximum Gasteiger partial charge on any atom is 0.349 e. The van der Waals surface area contributed by atoms with Crippen LogP contribution < -0.4 is 16.0 Å². The molecule has 1 fully saturated rings. The van der Waals surface area contributed by atoms with E-state index >= 15 is 0 Å². The van der Waals surface area contributed by atoms with Crippen LogP contribution in [-0.4, -0.2) is 28.7 Å². The second-order valence-electron chi connectivity index (χ2n) is 12.5. The number of carbonyl (C=O) groups excluding carboxylic acids is 2. The Hall–Kier alpha value is -4.75. The molecule has 3 amide bonds. The number of hydrogen-bond acceptors (Lipinski definition) is 4.